The van der Waals surface area contributed by atoms with Gasteiger partial charge in [0.15, 0.2) is 17.2 Å². The molecule has 0 bridgehead atoms. The smallest absolute Gasteiger partial charge is 0.417 e. The van der Waals surface area contributed by atoms with Gasteiger partial charge in [0, 0.05) is 6.20 Å². The van der Waals surface area contributed by atoms with Crippen LogP contribution in [0.1, 0.15) is 16.1 Å². The van der Waals surface area contributed by atoms with Crippen LogP contribution in [-0.2, 0) is 6.18 Å². The molecule has 0 amide bonds. The van der Waals surface area contributed by atoms with Crippen LogP contribution in [0.5, 0.6) is 0 Å². The number of nitrogens with zero attached hydrogens (tertiary/aromatic N) is 4. The molecule has 10 heteroatoms. The molecule has 7 nitrogen and oxygen atoms in total. The number of alkyl halides is 3. The number of carbonyl (C=O) groups is 1. The van der Waals surface area contributed by atoms with Crippen molar-refractivity contribution in [2.45, 2.75) is 6.18 Å². The summed E-state index contributed by atoms with van der Waals surface area (Å²) in [5.41, 5.74) is -1.11. The first-order chi connectivity index (χ1) is 9.88. The molecule has 3 rings (SSSR count). The number of fused-ring (bicyclic) bond motifs is 1. The third kappa shape index (κ3) is 2.10. The highest BCUT2D eigenvalue weighted by Gasteiger charge is 2.31. The number of carboxylic acid groups (broad SMARTS) is 1. The molecule has 3 heterocycles. The molecule has 0 saturated carbocycles. The second kappa shape index (κ2) is 4.30. The van der Waals surface area contributed by atoms with Crippen LogP contribution in [0.2, 0.25) is 0 Å². The Morgan fingerprint density at radius 2 is 2.05 bits per heavy atom. The number of halogens is 3. The molecule has 0 aliphatic heterocycles. The van der Waals surface area contributed by atoms with E-state index < -0.39 is 17.7 Å². The number of hydrogen-bond donors (Lipinski definition) is 2. The van der Waals surface area contributed by atoms with Crippen molar-refractivity contribution in [3.63, 3.8) is 0 Å². The van der Waals surface area contributed by atoms with Crippen molar-refractivity contribution in [2.75, 3.05) is 0 Å². The van der Waals surface area contributed by atoms with Crippen LogP contribution in [-0.4, -0.2) is 35.6 Å². The molecular formula is C11H6F3N5O2. The highest BCUT2D eigenvalue weighted by molar-refractivity contribution is 5.91. The largest absolute Gasteiger partial charge is 0.477 e. The number of aromatic amines is 1. The van der Waals surface area contributed by atoms with E-state index in [4.69, 9.17) is 5.11 Å². The van der Waals surface area contributed by atoms with Gasteiger partial charge in [-0.2, -0.15) is 13.2 Å². The average molecular weight is 297 g/mol. The van der Waals surface area contributed by atoms with Crippen molar-refractivity contribution in [3.8, 4) is 11.5 Å². The second-order valence-corrected chi connectivity index (χ2v) is 4.10. The number of H-pyrrole nitrogens is 1. The topological polar surface area (TPSA) is 96.2 Å². The van der Waals surface area contributed by atoms with Crippen LogP contribution in [0.25, 0.3) is 17.2 Å². The monoisotopic (exact) mass is 297 g/mol. The lowest BCUT2D eigenvalue weighted by atomic mass is 10.2. The normalized spacial score (nSPS) is 12.0. The minimum absolute atomic E-state index is 0.0882. The van der Waals surface area contributed by atoms with E-state index in [1.165, 1.54) is 0 Å². The van der Waals surface area contributed by atoms with E-state index in [-0.39, 0.29) is 22.9 Å². The van der Waals surface area contributed by atoms with Gasteiger partial charge in [-0.05, 0) is 12.1 Å². The van der Waals surface area contributed by atoms with Gasteiger partial charge in [0.05, 0.1) is 11.9 Å². The summed E-state index contributed by atoms with van der Waals surface area (Å²) in [6.07, 6.45) is -2.62. The van der Waals surface area contributed by atoms with Crippen LogP contribution >= 0.6 is 0 Å². The van der Waals surface area contributed by atoms with Crippen LogP contribution in [0.3, 0.4) is 0 Å². The lowest BCUT2D eigenvalue weighted by molar-refractivity contribution is -0.137. The van der Waals surface area contributed by atoms with Gasteiger partial charge in [-0.25, -0.2) is 9.78 Å². The number of rotatable bonds is 2. The first-order valence-corrected chi connectivity index (χ1v) is 5.57. The summed E-state index contributed by atoms with van der Waals surface area (Å²) in [6.45, 7) is 0. The summed E-state index contributed by atoms with van der Waals surface area (Å²) in [4.78, 5) is 17.2. The van der Waals surface area contributed by atoms with Crippen molar-refractivity contribution in [1.29, 1.82) is 0 Å². The molecule has 2 N–H and O–H groups in total. The zero-order valence-corrected chi connectivity index (χ0v) is 10.1. The summed E-state index contributed by atoms with van der Waals surface area (Å²) in [7, 11) is 0. The Morgan fingerprint density at radius 3 is 2.71 bits per heavy atom. The van der Waals surface area contributed by atoms with E-state index in [2.05, 4.69) is 20.2 Å². The maximum absolute atomic E-state index is 12.7. The number of aromatic nitrogens is 5. The Kier molecular flexibility index (Phi) is 2.68. The van der Waals surface area contributed by atoms with Crippen molar-refractivity contribution in [2.24, 2.45) is 0 Å². The number of nitrogens with one attached hydrogen (secondary N) is 1. The van der Waals surface area contributed by atoms with Gasteiger partial charge >= 0.3 is 12.1 Å². The molecule has 0 aliphatic carbocycles. The Balaban J connectivity index is 2.24. The quantitative estimate of drug-likeness (QED) is 0.752. The van der Waals surface area contributed by atoms with Crippen molar-refractivity contribution < 1.29 is 23.1 Å². The summed E-state index contributed by atoms with van der Waals surface area (Å²) in [5.74, 6) is -1.39. The van der Waals surface area contributed by atoms with E-state index >= 15 is 0 Å². The van der Waals surface area contributed by atoms with Crippen LogP contribution in [0.15, 0.2) is 24.7 Å². The molecule has 0 aromatic carbocycles. The minimum Gasteiger partial charge on any atom is -0.477 e. The molecule has 0 atom stereocenters. The summed E-state index contributed by atoms with van der Waals surface area (Å²) in [5, 5.41) is 16.4. The van der Waals surface area contributed by atoms with E-state index in [9.17, 15) is 18.0 Å². The molecule has 21 heavy (non-hydrogen) atoms. The van der Waals surface area contributed by atoms with Gasteiger partial charge in [0.25, 0.3) is 0 Å². The minimum atomic E-state index is -4.53. The van der Waals surface area contributed by atoms with E-state index in [0.29, 0.717) is 0 Å². The SMILES string of the molecule is O=C(O)c1[nH]cnc1-c1nnc2ccc(C(F)(F)F)cn12. The van der Waals surface area contributed by atoms with E-state index in [0.717, 1.165) is 29.1 Å². The molecule has 0 spiro atoms. The standard InChI is InChI=1S/C11H6F3N5O2/c12-11(13,14)5-1-2-6-17-18-9(19(6)3-5)7-8(10(20)21)16-4-15-7/h1-4H,(H,15,16)(H,20,21). The summed E-state index contributed by atoms with van der Waals surface area (Å²) in [6, 6.07) is 2.02. The average Bonchev–Trinajstić information content (AvgIpc) is 3.02. The number of carboxylic acids is 1. The Labute approximate surface area is 114 Å². The maximum Gasteiger partial charge on any atom is 0.417 e. The summed E-state index contributed by atoms with van der Waals surface area (Å²) < 4.78 is 39.2. The predicted octanol–water partition coefficient (Wildman–Crippen LogP) is 1.84. The summed E-state index contributed by atoms with van der Waals surface area (Å²) >= 11 is 0. The fourth-order valence-electron chi connectivity index (χ4n) is 1.85. The molecule has 0 radical (unpaired) electrons. The molecule has 108 valence electrons. The number of hydrogen-bond acceptors (Lipinski definition) is 4. The van der Waals surface area contributed by atoms with E-state index in [1.807, 2.05) is 0 Å². The predicted molar refractivity (Wildman–Crippen MR) is 62.5 cm³/mol. The van der Waals surface area contributed by atoms with Gasteiger partial charge in [0.1, 0.15) is 5.69 Å². The van der Waals surface area contributed by atoms with Crippen molar-refractivity contribution in [3.05, 3.63) is 35.9 Å². The zero-order valence-electron chi connectivity index (χ0n) is 10.1. The van der Waals surface area contributed by atoms with Gasteiger partial charge in [0.2, 0.25) is 0 Å². The molecule has 3 aromatic heterocycles. The Morgan fingerprint density at radius 1 is 1.29 bits per heavy atom. The molecular weight excluding hydrogens is 291 g/mol. The van der Waals surface area contributed by atoms with Gasteiger partial charge in [-0.15, -0.1) is 10.2 Å². The van der Waals surface area contributed by atoms with Crippen molar-refractivity contribution in [1.82, 2.24) is 24.6 Å². The first kappa shape index (κ1) is 13.1. The van der Waals surface area contributed by atoms with Gasteiger partial charge in [-0.1, -0.05) is 0 Å². The highest BCUT2D eigenvalue weighted by atomic mass is 19.4. The molecule has 0 unspecified atom stereocenters. The molecule has 0 aliphatic rings. The fourth-order valence-corrected chi connectivity index (χ4v) is 1.85. The number of pyridine rings is 1. The van der Waals surface area contributed by atoms with Gasteiger partial charge in [-0.3, -0.25) is 4.40 Å². The third-order valence-electron chi connectivity index (χ3n) is 2.79. The highest BCUT2D eigenvalue weighted by Crippen LogP contribution is 2.30. The second-order valence-electron chi connectivity index (χ2n) is 4.10. The zero-order chi connectivity index (χ0) is 15.2. The molecule has 0 saturated heterocycles. The van der Waals surface area contributed by atoms with Crippen LogP contribution in [0, 0.1) is 0 Å². The van der Waals surface area contributed by atoms with E-state index in [1.54, 1.807) is 0 Å². The van der Waals surface area contributed by atoms with Crippen LogP contribution in [0.4, 0.5) is 13.2 Å². The molecule has 0 fully saturated rings. The fraction of sp³-hybridized carbons (Fsp3) is 0.0909. The Bertz CT molecular complexity index is 836. The third-order valence-corrected chi connectivity index (χ3v) is 2.79. The van der Waals surface area contributed by atoms with Crippen LogP contribution < -0.4 is 0 Å². The van der Waals surface area contributed by atoms with Gasteiger partial charge < -0.3 is 10.1 Å². The first-order valence-electron chi connectivity index (χ1n) is 5.57. The lowest BCUT2D eigenvalue weighted by Gasteiger charge is -2.07. The molecule has 3 aromatic rings. The number of imidazole rings is 1. The lowest BCUT2D eigenvalue weighted by Crippen LogP contribution is -2.07. The number of aromatic carboxylic acids is 1. The maximum atomic E-state index is 12.7. The Hall–Kier alpha value is -2.91. The van der Waals surface area contributed by atoms with Crippen molar-refractivity contribution >= 4 is 11.6 Å².